The summed E-state index contributed by atoms with van der Waals surface area (Å²) in [7, 11) is 0. The van der Waals surface area contributed by atoms with Gasteiger partial charge in [-0.2, -0.15) is 0 Å². The summed E-state index contributed by atoms with van der Waals surface area (Å²) in [5.41, 5.74) is -0.415. The second-order valence-electron chi connectivity index (χ2n) is 6.27. The third kappa shape index (κ3) is 2.79. The number of nitrogens with zero attached hydrogens (tertiary/aromatic N) is 1. The Morgan fingerprint density at radius 2 is 1.82 bits per heavy atom. The van der Waals surface area contributed by atoms with Gasteiger partial charge >= 0.3 is 6.09 Å². The van der Waals surface area contributed by atoms with Crippen LogP contribution in [0.15, 0.2) is 0 Å². The van der Waals surface area contributed by atoms with Crippen molar-refractivity contribution in [2.24, 2.45) is 17.8 Å². The minimum atomic E-state index is -0.415. The van der Waals surface area contributed by atoms with Gasteiger partial charge in [0, 0.05) is 19.0 Å². The first-order valence-corrected chi connectivity index (χ1v) is 6.32. The molecular weight excluding hydrogens is 218 g/mol. The fourth-order valence-electron chi connectivity index (χ4n) is 2.49. The molecule has 4 nitrogen and oxygen atoms in total. The van der Waals surface area contributed by atoms with E-state index >= 15 is 0 Å². The fourth-order valence-corrected chi connectivity index (χ4v) is 2.49. The van der Waals surface area contributed by atoms with Crippen LogP contribution in [0.5, 0.6) is 0 Å². The molecule has 1 amide bonds. The molecule has 2 aliphatic rings. The number of ether oxygens (including phenoxy) is 1. The zero-order valence-corrected chi connectivity index (χ0v) is 10.8. The van der Waals surface area contributed by atoms with Crippen molar-refractivity contribution >= 4 is 12.4 Å². The van der Waals surface area contributed by atoms with Gasteiger partial charge in [-0.1, -0.05) is 0 Å². The van der Waals surface area contributed by atoms with Crippen molar-refractivity contribution in [2.45, 2.75) is 39.2 Å². The maximum Gasteiger partial charge on any atom is 0.410 e. The topological polar surface area (TPSA) is 46.6 Å². The molecule has 0 unspecified atom stereocenters. The fraction of sp³-hybridized carbons (Fsp3) is 0.846. The molecule has 0 aromatic heterocycles. The Bertz CT molecular complexity index is 309. The number of rotatable bonds is 2. The van der Waals surface area contributed by atoms with Crippen LogP contribution in [0, 0.1) is 17.8 Å². The van der Waals surface area contributed by atoms with Crippen LogP contribution in [0.3, 0.4) is 0 Å². The monoisotopic (exact) mass is 239 g/mol. The largest absolute Gasteiger partial charge is 0.444 e. The molecular formula is C13H21NO3. The van der Waals surface area contributed by atoms with Crippen molar-refractivity contribution < 1.29 is 14.3 Å². The Kier molecular flexibility index (Phi) is 3.15. The average molecular weight is 239 g/mol. The number of hydrogen-bond acceptors (Lipinski definition) is 3. The van der Waals surface area contributed by atoms with E-state index in [0.29, 0.717) is 11.8 Å². The second-order valence-corrected chi connectivity index (χ2v) is 6.27. The van der Waals surface area contributed by atoms with E-state index in [2.05, 4.69) is 0 Å². The highest BCUT2D eigenvalue weighted by Gasteiger charge is 2.43. The normalized spacial score (nSPS) is 29.2. The van der Waals surface area contributed by atoms with Crippen LogP contribution in [0.4, 0.5) is 4.79 Å². The molecule has 0 aromatic rings. The van der Waals surface area contributed by atoms with E-state index in [-0.39, 0.29) is 12.0 Å². The zero-order valence-electron chi connectivity index (χ0n) is 10.8. The molecule has 0 aromatic carbocycles. The van der Waals surface area contributed by atoms with Crippen molar-refractivity contribution in [3.63, 3.8) is 0 Å². The molecule has 1 aliphatic carbocycles. The van der Waals surface area contributed by atoms with Crippen molar-refractivity contribution in [2.75, 3.05) is 13.1 Å². The molecule has 1 saturated heterocycles. The molecule has 1 heterocycles. The molecule has 0 spiro atoms. The maximum absolute atomic E-state index is 11.7. The Morgan fingerprint density at radius 1 is 1.24 bits per heavy atom. The Hall–Kier alpha value is -1.06. The van der Waals surface area contributed by atoms with Crippen LogP contribution in [0.2, 0.25) is 0 Å². The summed E-state index contributed by atoms with van der Waals surface area (Å²) in [6, 6.07) is 0. The average Bonchev–Trinajstić information content (AvgIpc) is 2.02. The number of likely N-dealkylation sites (tertiary alicyclic amines) is 1. The lowest BCUT2D eigenvalue weighted by Crippen LogP contribution is -2.55. The van der Waals surface area contributed by atoms with E-state index in [4.69, 9.17) is 4.74 Å². The molecule has 96 valence electrons. The SMILES string of the molecule is CC(C)(C)OC(=O)N1CC(C2CC(C=O)C2)C1. The minimum Gasteiger partial charge on any atom is -0.444 e. The van der Waals surface area contributed by atoms with Gasteiger partial charge < -0.3 is 14.4 Å². The lowest BCUT2D eigenvalue weighted by molar-refractivity contribution is -0.116. The summed E-state index contributed by atoms with van der Waals surface area (Å²) in [4.78, 5) is 23.9. The summed E-state index contributed by atoms with van der Waals surface area (Å²) in [5.74, 6) is 1.50. The van der Waals surface area contributed by atoms with E-state index in [1.54, 1.807) is 4.90 Å². The summed E-state index contributed by atoms with van der Waals surface area (Å²) >= 11 is 0. The van der Waals surface area contributed by atoms with Gasteiger partial charge in [0.15, 0.2) is 0 Å². The van der Waals surface area contributed by atoms with E-state index in [0.717, 1.165) is 32.2 Å². The van der Waals surface area contributed by atoms with Crippen LogP contribution in [-0.4, -0.2) is 36.0 Å². The van der Waals surface area contributed by atoms with E-state index < -0.39 is 5.60 Å². The Morgan fingerprint density at radius 3 is 2.29 bits per heavy atom. The summed E-state index contributed by atoms with van der Waals surface area (Å²) in [6.07, 6.45) is 2.87. The predicted octanol–water partition coefficient (Wildman–Crippen LogP) is 2.08. The van der Waals surface area contributed by atoms with E-state index in [9.17, 15) is 9.59 Å². The van der Waals surface area contributed by atoms with Crippen LogP contribution < -0.4 is 0 Å². The summed E-state index contributed by atoms with van der Waals surface area (Å²) in [6.45, 7) is 7.23. The number of amides is 1. The molecule has 2 rings (SSSR count). The molecule has 4 heteroatoms. The molecule has 0 N–H and O–H groups in total. The molecule has 0 radical (unpaired) electrons. The number of carbonyl (C=O) groups is 2. The first-order valence-electron chi connectivity index (χ1n) is 6.32. The Balaban J connectivity index is 1.69. The predicted molar refractivity (Wildman–Crippen MR) is 63.6 cm³/mol. The van der Waals surface area contributed by atoms with Gasteiger partial charge in [0.25, 0.3) is 0 Å². The van der Waals surface area contributed by atoms with Gasteiger partial charge in [-0.05, 0) is 45.4 Å². The smallest absolute Gasteiger partial charge is 0.410 e. The zero-order chi connectivity index (χ0) is 12.6. The third-order valence-corrected chi connectivity index (χ3v) is 3.63. The van der Waals surface area contributed by atoms with Gasteiger partial charge in [0.2, 0.25) is 0 Å². The Labute approximate surface area is 102 Å². The molecule has 1 aliphatic heterocycles. The second kappa shape index (κ2) is 4.31. The van der Waals surface area contributed by atoms with Crippen LogP contribution in [0.25, 0.3) is 0 Å². The first kappa shape index (κ1) is 12.4. The maximum atomic E-state index is 11.7. The minimum absolute atomic E-state index is 0.208. The quantitative estimate of drug-likeness (QED) is 0.693. The number of hydrogen-bond donors (Lipinski definition) is 0. The lowest BCUT2D eigenvalue weighted by Gasteiger charge is -2.48. The van der Waals surface area contributed by atoms with Crippen molar-refractivity contribution in [3.8, 4) is 0 Å². The first-order chi connectivity index (χ1) is 7.89. The van der Waals surface area contributed by atoms with E-state index in [1.165, 1.54) is 0 Å². The van der Waals surface area contributed by atoms with E-state index in [1.807, 2.05) is 20.8 Å². The molecule has 2 fully saturated rings. The van der Waals surface area contributed by atoms with Crippen LogP contribution in [-0.2, 0) is 9.53 Å². The lowest BCUT2D eigenvalue weighted by atomic mass is 9.67. The van der Waals surface area contributed by atoms with Gasteiger partial charge in [0.05, 0.1) is 0 Å². The van der Waals surface area contributed by atoms with Gasteiger partial charge in [-0.3, -0.25) is 0 Å². The van der Waals surface area contributed by atoms with Crippen LogP contribution >= 0.6 is 0 Å². The van der Waals surface area contributed by atoms with Crippen molar-refractivity contribution in [3.05, 3.63) is 0 Å². The van der Waals surface area contributed by atoms with Crippen molar-refractivity contribution in [1.82, 2.24) is 4.90 Å². The van der Waals surface area contributed by atoms with Crippen LogP contribution in [0.1, 0.15) is 33.6 Å². The summed E-state index contributed by atoms with van der Waals surface area (Å²) < 4.78 is 5.29. The third-order valence-electron chi connectivity index (χ3n) is 3.63. The molecule has 0 atom stereocenters. The number of carbonyl (C=O) groups excluding carboxylic acids is 2. The van der Waals surface area contributed by atoms with Gasteiger partial charge in [-0.25, -0.2) is 4.79 Å². The number of aldehydes is 1. The standard InChI is InChI=1S/C13H21NO3/c1-13(2,3)17-12(16)14-6-11(7-14)10-4-9(5-10)8-15/h8-11H,4-7H2,1-3H3. The van der Waals surface area contributed by atoms with Crippen molar-refractivity contribution in [1.29, 1.82) is 0 Å². The van der Waals surface area contributed by atoms with Gasteiger partial charge in [-0.15, -0.1) is 0 Å². The highest BCUT2D eigenvalue weighted by molar-refractivity contribution is 5.69. The summed E-state index contributed by atoms with van der Waals surface area (Å²) in [5, 5.41) is 0. The molecule has 17 heavy (non-hydrogen) atoms. The highest BCUT2D eigenvalue weighted by atomic mass is 16.6. The molecule has 1 saturated carbocycles. The highest BCUT2D eigenvalue weighted by Crippen LogP contribution is 2.41. The molecule has 0 bridgehead atoms. The van der Waals surface area contributed by atoms with Gasteiger partial charge in [0.1, 0.15) is 11.9 Å².